The van der Waals surface area contributed by atoms with E-state index in [0.29, 0.717) is 13.0 Å². The summed E-state index contributed by atoms with van der Waals surface area (Å²) >= 11 is 1.71. The number of benzene rings is 1. The third kappa shape index (κ3) is 5.11. The van der Waals surface area contributed by atoms with E-state index in [1.807, 2.05) is 25.1 Å². The number of unbranched alkanes of at least 4 members (excludes halogenated alkanes) is 1. The van der Waals surface area contributed by atoms with Gasteiger partial charge in [-0.1, -0.05) is 12.1 Å². The SMILES string of the molecule is CCNC(=O)CNC(=O)CCCCc1nc2ccccc2s1. The summed E-state index contributed by atoms with van der Waals surface area (Å²) < 4.78 is 1.21. The van der Waals surface area contributed by atoms with Crippen molar-refractivity contribution in [2.45, 2.75) is 32.6 Å². The van der Waals surface area contributed by atoms with Crippen LogP contribution in [0.25, 0.3) is 10.2 Å². The Morgan fingerprint density at radius 2 is 1.95 bits per heavy atom. The minimum atomic E-state index is -0.148. The Morgan fingerprint density at radius 3 is 2.73 bits per heavy atom. The number of hydrogen-bond acceptors (Lipinski definition) is 4. The van der Waals surface area contributed by atoms with Crippen LogP contribution in [-0.4, -0.2) is 29.9 Å². The first-order valence-corrected chi connectivity index (χ1v) is 8.38. The number of aromatic nitrogens is 1. The van der Waals surface area contributed by atoms with Crippen molar-refractivity contribution in [3.63, 3.8) is 0 Å². The molecule has 1 aromatic heterocycles. The number of likely N-dealkylation sites (N-methyl/N-ethyl adjacent to an activating group) is 1. The molecule has 2 rings (SSSR count). The van der Waals surface area contributed by atoms with Crippen molar-refractivity contribution in [3.05, 3.63) is 29.3 Å². The molecule has 2 aromatic rings. The average Bonchev–Trinajstić information content (AvgIpc) is 2.92. The summed E-state index contributed by atoms with van der Waals surface area (Å²) in [6.45, 7) is 2.49. The lowest BCUT2D eigenvalue weighted by Gasteiger charge is -2.04. The number of fused-ring (bicyclic) bond motifs is 1. The number of nitrogens with zero attached hydrogens (tertiary/aromatic N) is 1. The molecular weight excluding hydrogens is 298 g/mol. The smallest absolute Gasteiger partial charge is 0.239 e. The van der Waals surface area contributed by atoms with Crippen LogP contribution in [0.3, 0.4) is 0 Å². The molecule has 22 heavy (non-hydrogen) atoms. The Labute approximate surface area is 134 Å². The Kier molecular flexibility index (Phi) is 6.33. The number of thiazole rings is 1. The van der Waals surface area contributed by atoms with E-state index in [1.165, 1.54) is 4.70 Å². The number of carbonyl (C=O) groups is 2. The highest BCUT2D eigenvalue weighted by molar-refractivity contribution is 7.18. The van der Waals surface area contributed by atoms with Gasteiger partial charge in [0.15, 0.2) is 0 Å². The van der Waals surface area contributed by atoms with Gasteiger partial charge in [-0.15, -0.1) is 11.3 Å². The number of carbonyl (C=O) groups excluding carboxylic acids is 2. The van der Waals surface area contributed by atoms with Gasteiger partial charge in [0.05, 0.1) is 21.8 Å². The quantitative estimate of drug-likeness (QED) is 0.733. The molecule has 0 radical (unpaired) electrons. The van der Waals surface area contributed by atoms with Gasteiger partial charge >= 0.3 is 0 Å². The van der Waals surface area contributed by atoms with E-state index < -0.39 is 0 Å². The number of hydrogen-bond donors (Lipinski definition) is 2. The molecule has 6 heteroatoms. The minimum absolute atomic E-state index is 0.0601. The molecule has 0 aliphatic carbocycles. The van der Waals surface area contributed by atoms with Crippen molar-refractivity contribution in [3.8, 4) is 0 Å². The first-order valence-electron chi connectivity index (χ1n) is 7.57. The lowest BCUT2D eigenvalue weighted by molar-refractivity contribution is -0.126. The Balaban J connectivity index is 1.64. The first-order chi connectivity index (χ1) is 10.7. The van der Waals surface area contributed by atoms with E-state index in [2.05, 4.69) is 21.7 Å². The summed E-state index contributed by atoms with van der Waals surface area (Å²) in [5.74, 6) is -0.221. The Morgan fingerprint density at radius 1 is 1.14 bits per heavy atom. The molecule has 1 heterocycles. The fourth-order valence-electron chi connectivity index (χ4n) is 2.12. The van der Waals surface area contributed by atoms with Gasteiger partial charge in [0, 0.05) is 13.0 Å². The molecular formula is C16H21N3O2S. The molecule has 0 spiro atoms. The highest BCUT2D eigenvalue weighted by Gasteiger charge is 2.06. The number of aryl methyl sites for hydroxylation is 1. The van der Waals surface area contributed by atoms with Gasteiger partial charge in [-0.2, -0.15) is 0 Å². The molecule has 0 saturated carbocycles. The van der Waals surface area contributed by atoms with E-state index in [4.69, 9.17) is 0 Å². The van der Waals surface area contributed by atoms with Crippen LogP contribution in [0.1, 0.15) is 31.2 Å². The molecule has 1 aromatic carbocycles. The van der Waals surface area contributed by atoms with Gasteiger partial charge in [0.25, 0.3) is 0 Å². The summed E-state index contributed by atoms with van der Waals surface area (Å²) in [6, 6.07) is 8.10. The van der Waals surface area contributed by atoms with Crippen molar-refractivity contribution in [2.75, 3.05) is 13.1 Å². The van der Waals surface area contributed by atoms with Crippen LogP contribution in [0, 0.1) is 0 Å². The molecule has 2 N–H and O–H groups in total. The van der Waals surface area contributed by atoms with Gasteiger partial charge in [-0.25, -0.2) is 4.98 Å². The van der Waals surface area contributed by atoms with E-state index in [9.17, 15) is 9.59 Å². The second-order valence-corrected chi connectivity index (χ2v) is 6.13. The minimum Gasteiger partial charge on any atom is -0.355 e. The molecule has 5 nitrogen and oxygen atoms in total. The van der Waals surface area contributed by atoms with E-state index in [0.717, 1.165) is 29.8 Å². The zero-order chi connectivity index (χ0) is 15.8. The van der Waals surface area contributed by atoms with Gasteiger partial charge in [-0.05, 0) is 38.3 Å². The van der Waals surface area contributed by atoms with Crippen LogP contribution in [0.2, 0.25) is 0 Å². The zero-order valence-corrected chi connectivity index (χ0v) is 13.5. The van der Waals surface area contributed by atoms with Gasteiger partial charge < -0.3 is 10.6 Å². The third-order valence-electron chi connectivity index (χ3n) is 3.20. The highest BCUT2D eigenvalue weighted by Crippen LogP contribution is 2.22. The summed E-state index contributed by atoms with van der Waals surface area (Å²) in [5.41, 5.74) is 1.04. The lowest BCUT2D eigenvalue weighted by Crippen LogP contribution is -2.36. The standard InChI is InChI=1S/C16H21N3O2S/c1-2-17-15(21)11-18-14(20)9-5-6-10-16-19-12-7-3-4-8-13(12)22-16/h3-4,7-8H,2,5-6,9-11H2,1H3,(H,17,21)(H,18,20). The second-order valence-electron chi connectivity index (χ2n) is 5.01. The van der Waals surface area contributed by atoms with Crippen LogP contribution in [-0.2, 0) is 16.0 Å². The second kappa shape index (κ2) is 8.48. The van der Waals surface area contributed by atoms with Crippen molar-refractivity contribution in [2.24, 2.45) is 0 Å². The predicted octanol–water partition coefficient (Wildman–Crippen LogP) is 2.26. The largest absolute Gasteiger partial charge is 0.355 e. The molecule has 0 bridgehead atoms. The fourth-order valence-corrected chi connectivity index (χ4v) is 3.12. The van der Waals surface area contributed by atoms with Gasteiger partial charge in [0.2, 0.25) is 11.8 Å². The highest BCUT2D eigenvalue weighted by atomic mass is 32.1. The maximum absolute atomic E-state index is 11.6. The topological polar surface area (TPSA) is 71.1 Å². The molecule has 0 unspecified atom stereocenters. The molecule has 0 aliphatic heterocycles. The van der Waals surface area contributed by atoms with Crippen LogP contribution < -0.4 is 10.6 Å². The predicted molar refractivity (Wildman–Crippen MR) is 88.9 cm³/mol. The molecule has 2 amide bonds. The third-order valence-corrected chi connectivity index (χ3v) is 4.30. The maximum atomic E-state index is 11.6. The van der Waals surface area contributed by atoms with E-state index >= 15 is 0 Å². The fraction of sp³-hybridized carbons (Fsp3) is 0.438. The van der Waals surface area contributed by atoms with Crippen molar-refractivity contribution in [1.29, 1.82) is 0 Å². The molecule has 0 atom stereocenters. The van der Waals surface area contributed by atoms with Crippen LogP contribution in [0.4, 0.5) is 0 Å². The van der Waals surface area contributed by atoms with Crippen molar-refractivity contribution >= 4 is 33.4 Å². The summed E-state index contributed by atoms with van der Waals surface area (Å²) in [5, 5.41) is 6.38. The maximum Gasteiger partial charge on any atom is 0.239 e. The van der Waals surface area contributed by atoms with Crippen molar-refractivity contribution in [1.82, 2.24) is 15.6 Å². The molecule has 0 saturated heterocycles. The lowest BCUT2D eigenvalue weighted by atomic mass is 10.2. The number of amides is 2. The number of para-hydroxylation sites is 1. The van der Waals surface area contributed by atoms with Crippen LogP contribution in [0.15, 0.2) is 24.3 Å². The van der Waals surface area contributed by atoms with Gasteiger partial charge in [0.1, 0.15) is 0 Å². The van der Waals surface area contributed by atoms with Crippen LogP contribution >= 0.6 is 11.3 Å². The average molecular weight is 319 g/mol. The zero-order valence-electron chi connectivity index (χ0n) is 12.7. The first kappa shape index (κ1) is 16.4. The summed E-state index contributed by atoms with van der Waals surface area (Å²) in [6.07, 6.45) is 3.07. The monoisotopic (exact) mass is 319 g/mol. The molecule has 0 aliphatic rings. The summed E-state index contributed by atoms with van der Waals surface area (Å²) in [4.78, 5) is 27.4. The Bertz CT molecular complexity index is 606. The number of rotatable bonds is 8. The molecule has 118 valence electrons. The van der Waals surface area contributed by atoms with Crippen molar-refractivity contribution < 1.29 is 9.59 Å². The van der Waals surface area contributed by atoms with E-state index in [1.54, 1.807) is 11.3 Å². The summed E-state index contributed by atoms with van der Waals surface area (Å²) in [7, 11) is 0. The molecule has 0 fully saturated rings. The Hall–Kier alpha value is -1.95. The van der Waals surface area contributed by atoms with Crippen LogP contribution in [0.5, 0.6) is 0 Å². The number of nitrogens with one attached hydrogen (secondary N) is 2. The van der Waals surface area contributed by atoms with E-state index in [-0.39, 0.29) is 18.4 Å². The van der Waals surface area contributed by atoms with Gasteiger partial charge in [-0.3, -0.25) is 9.59 Å². The normalized spacial score (nSPS) is 10.6.